The van der Waals surface area contributed by atoms with Crippen LogP contribution in [-0.2, 0) is 20.9 Å². The number of aryl methyl sites for hydroxylation is 2. The summed E-state index contributed by atoms with van der Waals surface area (Å²) < 4.78 is 16.0. The molecule has 10 heteroatoms. The smallest absolute Gasteiger partial charge is 0.397 e. The zero-order chi connectivity index (χ0) is 26.9. The third kappa shape index (κ3) is 7.14. The second-order valence-corrected chi connectivity index (χ2v) is 8.01. The first kappa shape index (κ1) is 26.9. The first-order valence-corrected chi connectivity index (χ1v) is 11.5. The molecule has 3 aromatic rings. The van der Waals surface area contributed by atoms with E-state index >= 15 is 0 Å². The number of phenols is 1. The number of anilines is 2. The summed E-state index contributed by atoms with van der Waals surface area (Å²) >= 11 is 0. The Bertz CT molecular complexity index is 1280. The average molecular weight is 508 g/mol. The Labute approximate surface area is 214 Å². The number of benzene rings is 3. The largest absolute Gasteiger partial charge is 0.506 e. The molecule has 0 saturated heterocycles. The second-order valence-electron chi connectivity index (χ2n) is 8.01. The maximum absolute atomic E-state index is 12.4. The van der Waals surface area contributed by atoms with Crippen LogP contribution in [0.2, 0.25) is 0 Å². The first-order chi connectivity index (χ1) is 17.7. The van der Waals surface area contributed by atoms with Crippen LogP contribution in [0.1, 0.15) is 23.6 Å². The molecule has 0 aromatic heterocycles. The summed E-state index contributed by atoms with van der Waals surface area (Å²) in [5.41, 5.74) is 2.76. The third-order valence-electron chi connectivity index (χ3n) is 5.25. The van der Waals surface area contributed by atoms with Crippen molar-refractivity contribution in [2.24, 2.45) is 0 Å². The van der Waals surface area contributed by atoms with Gasteiger partial charge >= 0.3 is 17.9 Å². The molecule has 3 rings (SSSR count). The molecule has 3 aromatic carbocycles. The van der Waals surface area contributed by atoms with Gasteiger partial charge in [0.1, 0.15) is 23.0 Å². The minimum Gasteiger partial charge on any atom is -0.506 e. The summed E-state index contributed by atoms with van der Waals surface area (Å²) in [5.74, 6) is -0.427. The van der Waals surface area contributed by atoms with E-state index in [-0.39, 0.29) is 24.6 Å². The summed E-state index contributed by atoms with van der Waals surface area (Å²) in [6.07, 6.45) is 0. The van der Waals surface area contributed by atoms with Crippen molar-refractivity contribution in [1.82, 2.24) is 5.32 Å². The molecule has 0 radical (unpaired) electrons. The molecule has 0 aliphatic rings. The zero-order valence-electron chi connectivity index (χ0n) is 21.0. The maximum atomic E-state index is 12.4. The van der Waals surface area contributed by atoms with E-state index in [1.54, 1.807) is 52.1 Å². The summed E-state index contributed by atoms with van der Waals surface area (Å²) in [6.45, 7) is 5.51. The quantitative estimate of drug-likeness (QED) is 0.198. The van der Waals surface area contributed by atoms with Crippen molar-refractivity contribution in [3.05, 3.63) is 71.3 Å². The number of methoxy groups -OCH3 is 1. The highest BCUT2D eigenvalue weighted by Crippen LogP contribution is 2.35. The molecule has 0 unspecified atom stereocenters. The molecule has 0 saturated carbocycles. The van der Waals surface area contributed by atoms with Gasteiger partial charge in [-0.3, -0.25) is 4.79 Å². The van der Waals surface area contributed by atoms with E-state index in [0.29, 0.717) is 34.1 Å². The molecule has 0 atom stereocenters. The van der Waals surface area contributed by atoms with Crippen LogP contribution in [0.15, 0.2) is 54.6 Å². The normalized spacial score (nSPS) is 10.3. The van der Waals surface area contributed by atoms with E-state index in [1.807, 2.05) is 18.2 Å². The minimum atomic E-state index is -0.964. The van der Waals surface area contributed by atoms with Gasteiger partial charge in [-0.25, -0.2) is 9.59 Å². The predicted octanol–water partition coefficient (Wildman–Crippen LogP) is 4.63. The molecule has 0 aliphatic heterocycles. The number of aromatic hydroxyl groups is 1. The third-order valence-corrected chi connectivity index (χ3v) is 5.25. The molecule has 4 N–H and O–H groups in total. The van der Waals surface area contributed by atoms with Gasteiger partial charge in [-0.05, 0) is 62.2 Å². The van der Waals surface area contributed by atoms with Crippen molar-refractivity contribution in [2.45, 2.75) is 27.3 Å². The van der Waals surface area contributed by atoms with Crippen molar-refractivity contribution in [3.63, 3.8) is 0 Å². The molecular formula is C27H29N3O7. The number of amides is 3. The fourth-order valence-corrected chi connectivity index (χ4v) is 3.55. The number of hydrogen-bond donors (Lipinski definition) is 4. The molecule has 3 amide bonds. The van der Waals surface area contributed by atoms with E-state index in [9.17, 15) is 19.5 Å². The van der Waals surface area contributed by atoms with Crippen molar-refractivity contribution >= 4 is 29.3 Å². The van der Waals surface area contributed by atoms with Gasteiger partial charge in [0, 0.05) is 23.9 Å². The number of nitrogens with one attached hydrogen (secondary N) is 3. The lowest BCUT2D eigenvalue weighted by Crippen LogP contribution is -2.28. The molecule has 0 bridgehead atoms. The highest BCUT2D eigenvalue weighted by Gasteiger charge is 2.17. The lowest BCUT2D eigenvalue weighted by atomic mass is 10.1. The molecule has 37 heavy (non-hydrogen) atoms. The van der Waals surface area contributed by atoms with Crippen molar-refractivity contribution in [2.75, 3.05) is 24.4 Å². The number of para-hydroxylation sites is 1. The number of rotatable bonds is 8. The monoisotopic (exact) mass is 507 g/mol. The van der Waals surface area contributed by atoms with Gasteiger partial charge in [-0.15, -0.1) is 0 Å². The standard InChI is InChI=1S/C27H29N3O7/c1-5-36-26(33)25(32)29-19-12-16(2)24(17(3)13-19)37-20-10-11-22(31)21(14-20)30-27(34)28-15-18-8-6-7-9-23(18)35-4/h6-14,31H,5,15H2,1-4H3,(H,29,32)(H2,28,30,34). The number of urea groups is 1. The Morgan fingerprint density at radius 2 is 1.65 bits per heavy atom. The van der Waals surface area contributed by atoms with Gasteiger partial charge in [0.05, 0.1) is 19.4 Å². The highest BCUT2D eigenvalue weighted by atomic mass is 16.5. The van der Waals surface area contributed by atoms with E-state index in [2.05, 4.69) is 16.0 Å². The van der Waals surface area contributed by atoms with Crippen LogP contribution < -0.4 is 25.4 Å². The number of phenolic OH excluding ortho intramolecular Hbond substituents is 1. The van der Waals surface area contributed by atoms with E-state index in [4.69, 9.17) is 14.2 Å². The number of esters is 1. The fraction of sp³-hybridized carbons (Fsp3) is 0.222. The predicted molar refractivity (Wildman–Crippen MR) is 138 cm³/mol. The fourth-order valence-electron chi connectivity index (χ4n) is 3.55. The lowest BCUT2D eigenvalue weighted by Gasteiger charge is -2.16. The van der Waals surface area contributed by atoms with E-state index in [1.165, 1.54) is 12.1 Å². The molecule has 0 aliphatic carbocycles. The van der Waals surface area contributed by atoms with Gasteiger partial charge in [0.25, 0.3) is 0 Å². The van der Waals surface area contributed by atoms with Crippen LogP contribution in [0.3, 0.4) is 0 Å². The number of carbonyl (C=O) groups excluding carboxylic acids is 3. The summed E-state index contributed by atoms with van der Waals surface area (Å²) in [5, 5.41) is 18.1. The van der Waals surface area contributed by atoms with Crippen LogP contribution >= 0.6 is 0 Å². The topological polar surface area (TPSA) is 135 Å². The number of carbonyl (C=O) groups is 3. The van der Waals surface area contributed by atoms with Gasteiger partial charge < -0.3 is 35.3 Å². The maximum Gasteiger partial charge on any atom is 0.397 e. The molecule has 194 valence electrons. The molecule has 10 nitrogen and oxygen atoms in total. The van der Waals surface area contributed by atoms with Crippen LogP contribution in [0.25, 0.3) is 0 Å². The van der Waals surface area contributed by atoms with Gasteiger partial charge in [-0.2, -0.15) is 0 Å². The SMILES string of the molecule is CCOC(=O)C(=O)Nc1cc(C)c(Oc2ccc(O)c(NC(=O)NCc3ccccc3OC)c2)c(C)c1. The van der Waals surface area contributed by atoms with Gasteiger partial charge in [0.2, 0.25) is 0 Å². The van der Waals surface area contributed by atoms with E-state index in [0.717, 1.165) is 5.56 Å². The number of hydrogen-bond acceptors (Lipinski definition) is 7. The molecule has 0 fully saturated rings. The number of ether oxygens (including phenoxy) is 3. The Balaban J connectivity index is 1.69. The Morgan fingerprint density at radius 1 is 0.946 bits per heavy atom. The van der Waals surface area contributed by atoms with Crippen LogP contribution in [-0.4, -0.2) is 36.7 Å². The Kier molecular flexibility index (Phi) is 8.93. The van der Waals surface area contributed by atoms with E-state index < -0.39 is 17.9 Å². The summed E-state index contributed by atoms with van der Waals surface area (Å²) in [7, 11) is 1.55. The first-order valence-electron chi connectivity index (χ1n) is 11.5. The van der Waals surface area contributed by atoms with Crippen molar-refractivity contribution in [3.8, 4) is 23.0 Å². The molecular weight excluding hydrogens is 478 g/mol. The lowest BCUT2D eigenvalue weighted by molar-refractivity contribution is -0.152. The second kappa shape index (κ2) is 12.3. The molecule has 0 heterocycles. The van der Waals surface area contributed by atoms with Crippen LogP contribution in [0, 0.1) is 13.8 Å². The average Bonchev–Trinajstić information content (AvgIpc) is 2.87. The molecule has 0 spiro atoms. The Hall–Kier alpha value is -4.73. The summed E-state index contributed by atoms with van der Waals surface area (Å²) in [4.78, 5) is 36.0. The van der Waals surface area contributed by atoms with Crippen LogP contribution in [0.4, 0.5) is 16.2 Å². The minimum absolute atomic E-state index is 0.101. The van der Waals surface area contributed by atoms with Crippen molar-refractivity contribution < 1.29 is 33.7 Å². The highest BCUT2D eigenvalue weighted by molar-refractivity contribution is 6.37. The van der Waals surface area contributed by atoms with Gasteiger partial charge in [0.15, 0.2) is 0 Å². The van der Waals surface area contributed by atoms with Crippen molar-refractivity contribution in [1.29, 1.82) is 0 Å². The van der Waals surface area contributed by atoms with Crippen LogP contribution in [0.5, 0.6) is 23.0 Å². The Morgan fingerprint density at radius 3 is 2.32 bits per heavy atom. The summed E-state index contributed by atoms with van der Waals surface area (Å²) in [6, 6.07) is 14.6. The zero-order valence-corrected chi connectivity index (χ0v) is 21.0. The van der Waals surface area contributed by atoms with Gasteiger partial charge in [-0.1, -0.05) is 18.2 Å².